The Kier molecular flexibility index (Phi) is 4.53. The fraction of sp³-hybridized carbons (Fsp3) is 0.733. The molecule has 0 saturated heterocycles. The summed E-state index contributed by atoms with van der Waals surface area (Å²) in [5.74, 6) is 1.18. The van der Waals surface area contributed by atoms with E-state index in [9.17, 15) is 0 Å². The Labute approximate surface area is 116 Å². The van der Waals surface area contributed by atoms with Gasteiger partial charge < -0.3 is 10.1 Å². The molecule has 2 rings (SSSR count). The van der Waals surface area contributed by atoms with Gasteiger partial charge in [-0.1, -0.05) is 13.8 Å². The lowest BCUT2D eigenvalue weighted by atomic mass is 10.1. The van der Waals surface area contributed by atoms with E-state index in [0.717, 1.165) is 23.8 Å². The van der Waals surface area contributed by atoms with E-state index in [2.05, 4.69) is 43.0 Å². The minimum atomic E-state index is -0.0251. The molecule has 0 amide bonds. The lowest BCUT2D eigenvalue weighted by Crippen LogP contribution is -2.20. The van der Waals surface area contributed by atoms with E-state index >= 15 is 0 Å². The highest BCUT2D eigenvalue weighted by molar-refractivity contribution is 5.25. The summed E-state index contributed by atoms with van der Waals surface area (Å²) in [4.78, 5) is 9.30. The van der Waals surface area contributed by atoms with Gasteiger partial charge in [0.05, 0.1) is 0 Å². The second-order valence-corrected chi connectivity index (χ2v) is 5.79. The van der Waals surface area contributed by atoms with Crippen LogP contribution in [0.3, 0.4) is 0 Å². The standard InChI is InChI=1S/C15H25N3O/c1-9(2)14(19-5)15-17-10(3)13(11(4)18-15)8-16-12-6-7-12/h9,12,14,16H,6-8H2,1-5H3. The van der Waals surface area contributed by atoms with Crippen LogP contribution in [0.1, 0.15) is 55.6 Å². The molecule has 1 aromatic heterocycles. The van der Waals surface area contributed by atoms with Gasteiger partial charge in [-0.2, -0.15) is 0 Å². The largest absolute Gasteiger partial charge is 0.373 e. The maximum Gasteiger partial charge on any atom is 0.157 e. The van der Waals surface area contributed by atoms with Crippen LogP contribution in [0.5, 0.6) is 0 Å². The van der Waals surface area contributed by atoms with Crippen molar-refractivity contribution in [2.45, 2.75) is 59.2 Å². The third kappa shape index (κ3) is 3.51. The summed E-state index contributed by atoms with van der Waals surface area (Å²) in [6.45, 7) is 9.27. The third-order valence-corrected chi connectivity index (χ3v) is 3.70. The van der Waals surface area contributed by atoms with E-state index in [-0.39, 0.29) is 6.10 Å². The Morgan fingerprint density at radius 2 is 1.79 bits per heavy atom. The topological polar surface area (TPSA) is 47.0 Å². The van der Waals surface area contributed by atoms with Crippen LogP contribution in [-0.4, -0.2) is 23.1 Å². The minimum Gasteiger partial charge on any atom is -0.373 e. The Hall–Kier alpha value is -1.00. The number of aromatic nitrogens is 2. The molecular weight excluding hydrogens is 238 g/mol. The molecule has 1 fully saturated rings. The smallest absolute Gasteiger partial charge is 0.157 e. The molecule has 0 aliphatic heterocycles. The van der Waals surface area contributed by atoms with Crippen LogP contribution in [0.25, 0.3) is 0 Å². The molecular formula is C15H25N3O. The number of hydrogen-bond donors (Lipinski definition) is 1. The SMILES string of the molecule is COC(c1nc(C)c(CNC2CC2)c(C)n1)C(C)C. The van der Waals surface area contributed by atoms with Gasteiger partial charge in [-0.3, -0.25) is 0 Å². The molecule has 1 N–H and O–H groups in total. The molecule has 0 radical (unpaired) electrons. The van der Waals surface area contributed by atoms with Crippen LogP contribution in [0, 0.1) is 19.8 Å². The number of ether oxygens (including phenoxy) is 1. The molecule has 1 saturated carbocycles. The van der Waals surface area contributed by atoms with Gasteiger partial charge in [-0.05, 0) is 32.6 Å². The van der Waals surface area contributed by atoms with E-state index in [1.165, 1.54) is 18.4 Å². The van der Waals surface area contributed by atoms with Gasteiger partial charge in [0.2, 0.25) is 0 Å². The zero-order chi connectivity index (χ0) is 14.0. The number of methoxy groups -OCH3 is 1. The maximum absolute atomic E-state index is 5.52. The summed E-state index contributed by atoms with van der Waals surface area (Å²) < 4.78 is 5.52. The van der Waals surface area contributed by atoms with Crippen LogP contribution in [-0.2, 0) is 11.3 Å². The molecule has 1 aromatic rings. The first-order valence-corrected chi connectivity index (χ1v) is 7.13. The molecule has 1 atom stereocenters. The van der Waals surface area contributed by atoms with Gasteiger partial charge in [-0.25, -0.2) is 9.97 Å². The van der Waals surface area contributed by atoms with Gasteiger partial charge in [0.1, 0.15) is 6.10 Å². The molecule has 19 heavy (non-hydrogen) atoms. The molecule has 1 aliphatic rings. The normalized spacial score (nSPS) is 16.9. The lowest BCUT2D eigenvalue weighted by molar-refractivity contribution is 0.0571. The van der Waals surface area contributed by atoms with Crippen LogP contribution < -0.4 is 5.32 Å². The second-order valence-electron chi connectivity index (χ2n) is 5.79. The number of hydrogen-bond acceptors (Lipinski definition) is 4. The summed E-state index contributed by atoms with van der Waals surface area (Å²) >= 11 is 0. The number of nitrogens with zero attached hydrogens (tertiary/aromatic N) is 2. The van der Waals surface area contributed by atoms with Gasteiger partial charge in [0.25, 0.3) is 0 Å². The molecule has 0 bridgehead atoms. The molecule has 1 aliphatic carbocycles. The predicted octanol–water partition coefficient (Wildman–Crippen LogP) is 2.69. The van der Waals surface area contributed by atoms with Crippen LogP contribution in [0.2, 0.25) is 0 Å². The first kappa shape index (κ1) is 14.4. The first-order valence-electron chi connectivity index (χ1n) is 7.13. The molecule has 4 heteroatoms. The summed E-state index contributed by atoms with van der Waals surface area (Å²) in [5, 5.41) is 3.53. The van der Waals surface area contributed by atoms with E-state index in [4.69, 9.17) is 4.74 Å². The highest BCUT2D eigenvalue weighted by Crippen LogP contribution is 2.24. The Bertz CT molecular complexity index is 418. The summed E-state index contributed by atoms with van der Waals surface area (Å²) in [6.07, 6.45) is 2.58. The molecule has 106 valence electrons. The fourth-order valence-corrected chi connectivity index (χ4v) is 2.36. The summed E-state index contributed by atoms with van der Waals surface area (Å²) in [5.41, 5.74) is 3.37. The Morgan fingerprint density at radius 1 is 1.21 bits per heavy atom. The zero-order valence-corrected chi connectivity index (χ0v) is 12.7. The predicted molar refractivity (Wildman–Crippen MR) is 76.0 cm³/mol. The molecule has 1 heterocycles. The van der Waals surface area contributed by atoms with Crippen molar-refractivity contribution in [3.8, 4) is 0 Å². The average molecular weight is 263 g/mol. The van der Waals surface area contributed by atoms with E-state index in [1.807, 2.05) is 0 Å². The molecule has 1 unspecified atom stereocenters. The van der Waals surface area contributed by atoms with Gasteiger partial charge in [0, 0.05) is 36.6 Å². The van der Waals surface area contributed by atoms with E-state index in [0.29, 0.717) is 12.0 Å². The maximum atomic E-state index is 5.52. The Balaban J connectivity index is 2.19. The highest BCUT2D eigenvalue weighted by atomic mass is 16.5. The highest BCUT2D eigenvalue weighted by Gasteiger charge is 2.23. The lowest BCUT2D eigenvalue weighted by Gasteiger charge is -2.20. The Morgan fingerprint density at radius 3 is 2.21 bits per heavy atom. The van der Waals surface area contributed by atoms with Crippen LogP contribution in [0.15, 0.2) is 0 Å². The van der Waals surface area contributed by atoms with Crippen molar-refractivity contribution >= 4 is 0 Å². The van der Waals surface area contributed by atoms with Crippen LogP contribution in [0.4, 0.5) is 0 Å². The number of nitrogens with one attached hydrogen (secondary N) is 1. The number of aryl methyl sites for hydroxylation is 2. The third-order valence-electron chi connectivity index (χ3n) is 3.70. The fourth-order valence-electron chi connectivity index (χ4n) is 2.36. The van der Waals surface area contributed by atoms with Crippen molar-refractivity contribution in [3.63, 3.8) is 0 Å². The minimum absolute atomic E-state index is 0.0251. The van der Waals surface area contributed by atoms with Crippen LogP contribution >= 0.6 is 0 Å². The summed E-state index contributed by atoms with van der Waals surface area (Å²) in [7, 11) is 1.72. The van der Waals surface area contributed by atoms with Gasteiger partial charge in [-0.15, -0.1) is 0 Å². The van der Waals surface area contributed by atoms with Crippen molar-refractivity contribution < 1.29 is 4.74 Å². The monoisotopic (exact) mass is 263 g/mol. The van der Waals surface area contributed by atoms with E-state index < -0.39 is 0 Å². The summed E-state index contributed by atoms with van der Waals surface area (Å²) in [6, 6.07) is 0.709. The van der Waals surface area contributed by atoms with Crippen molar-refractivity contribution in [1.82, 2.24) is 15.3 Å². The van der Waals surface area contributed by atoms with Gasteiger partial charge in [0.15, 0.2) is 5.82 Å². The zero-order valence-electron chi connectivity index (χ0n) is 12.7. The van der Waals surface area contributed by atoms with Crippen molar-refractivity contribution in [2.24, 2.45) is 5.92 Å². The van der Waals surface area contributed by atoms with E-state index in [1.54, 1.807) is 7.11 Å². The molecule has 4 nitrogen and oxygen atoms in total. The first-order chi connectivity index (χ1) is 9.02. The quantitative estimate of drug-likeness (QED) is 0.857. The second kappa shape index (κ2) is 5.97. The number of rotatable bonds is 6. The van der Waals surface area contributed by atoms with Crippen molar-refractivity contribution in [2.75, 3.05) is 7.11 Å². The van der Waals surface area contributed by atoms with Crippen molar-refractivity contribution in [1.29, 1.82) is 0 Å². The molecule has 0 spiro atoms. The van der Waals surface area contributed by atoms with Gasteiger partial charge >= 0.3 is 0 Å². The average Bonchev–Trinajstić information content (AvgIpc) is 3.12. The molecule has 0 aromatic carbocycles. The van der Waals surface area contributed by atoms with Crippen molar-refractivity contribution in [3.05, 3.63) is 22.8 Å².